The van der Waals surface area contributed by atoms with Crippen LogP contribution in [0.2, 0.25) is 0 Å². The topological polar surface area (TPSA) is 43.4 Å². The number of hydrogen-bond acceptors (Lipinski definition) is 3. The van der Waals surface area contributed by atoms with Crippen molar-refractivity contribution >= 4 is 28.2 Å². The molecule has 0 aliphatic heterocycles. The Morgan fingerprint density at radius 2 is 2.27 bits per heavy atom. The number of ether oxygens (including phenoxy) is 1. The zero-order chi connectivity index (χ0) is 11.3. The number of carbonyl (C=O) groups is 2. The summed E-state index contributed by atoms with van der Waals surface area (Å²) >= 11 is 3.21. The molecule has 0 amide bonds. The molecule has 79 valence electrons. The quantitative estimate of drug-likeness (QED) is 0.480. The summed E-state index contributed by atoms with van der Waals surface area (Å²) in [5, 5.41) is 0. The molecule has 1 aromatic carbocycles. The van der Waals surface area contributed by atoms with E-state index in [9.17, 15) is 9.59 Å². The van der Waals surface area contributed by atoms with Gasteiger partial charge in [0.2, 0.25) is 0 Å². The molecule has 0 heterocycles. The minimum atomic E-state index is -0.406. The van der Waals surface area contributed by atoms with Crippen molar-refractivity contribution in [2.24, 2.45) is 0 Å². The number of aldehydes is 1. The molecule has 0 saturated heterocycles. The molecule has 0 N–H and O–H groups in total. The van der Waals surface area contributed by atoms with Crippen LogP contribution in [0.5, 0.6) is 5.75 Å². The summed E-state index contributed by atoms with van der Waals surface area (Å²) in [6.45, 7) is 1.85. The van der Waals surface area contributed by atoms with E-state index in [0.29, 0.717) is 28.5 Å². The maximum absolute atomic E-state index is 11.1. The van der Waals surface area contributed by atoms with Gasteiger partial charge in [-0.15, -0.1) is 0 Å². The van der Waals surface area contributed by atoms with Gasteiger partial charge in [0.05, 0.1) is 6.42 Å². The van der Waals surface area contributed by atoms with Crippen LogP contribution in [-0.2, 0) is 4.79 Å². The molecule has 0 spiro atoms. The van der Waals surface area contributed by atoms with Crippen molar-refractivity contribution in [3.05, 3.63) is 34.7 Å². The van der Waals surface area contributed by atoms with E-state index < -0.39 is 5.97 Å². The molecule has 0 bridgehead atoms. The maximum Gasteiger partial charge on any atom is 0.315 e. The highest BCUT2D eigenvalue weighted by Gasteiger charge is 2.06. The van der Waals surface area contributed by atoms with Crippen LogP contribution in [0.3, 0.4) is 0 Å². The molecule has 1 rings (SSSR count). The SMILES string of the molecule is CC[CH]C(=O)Oc1ccc(Br)c(C=O)c1. The number of benzene rings is 1. The fourth-order valence-corrected chi connectivity index (χ4v) is 1.34. The third kappa shape index (κ3) is 3.47. The second-order valence-corrected chi connectivity index (χ2v) is 3.69. The van der Waals surface area contributed by atoms with Crippen LogP contribution in [-0.4, -0.2) is 12.3 Å². The first kappa shape index (κ1) is 11.9. The van der Waals surface area contributed by atoms with Crippen LogP contribution in [0.1, 0.15) is 23.7 Å². The summed E-state index contributed by atoms with van der Waals surface area (Å²) in [7, 11) is 0. The Kier molecular flexibility index (Phi) is 4.49. The Labute approximate surface area is 96.6 Å². The lowest BCUT2D eigenvalue weighted by Crippen LogP contribution is -2.07. The summed E-state index contributed by atoms with van der Waals surface area (Å²) < 4.78 is 5.66. The lowest BCUT2D eigenvalue weighted by Gasteiger charge is -2.04. The molecular weight excluding hydrogens is 260 g/mol. The van der Waals surface area contributed by atoms with Gasteiger partial charge < -0.3 is 4.74 Å². The van der Waals surface area contributed by atoms with Crippen LogP contribution < -0.4 is 4.74 Å². The highest BCUT2D eigenvalue weighted by molar-refractivity contribution is 9.10. The predicted molar refractivity (Wildman–Crippen MR) is 59.8 cm³/mol. The van der Waals surface area contributed by atoms with Crippen molar-refractivity contribution in [1.82, 2.24) is 0 Å². The molecule has 4 heteroatoms. The molecule has 0 aliphatic rings. The average molecular weight is 270 g/mol. The van der Waals surface area contributed by atoms with E-state index in [4.69, 9.17) is 4.74 Å². The summed E-state index contributed by atoms with van der Waals surface area (Å²) in [5.74, 6) is -0.0355. The fourth-order valence-electron chi connectivity index (χ4n) is 1.00. The van der Waals surface area contributed by atoms with Gasteiger partial charge in [0.15, 0.2) is 6.29 Å². The van der Waals surface area contributed by atoms with E-state index >= 15 is 0 Å². The first-order valence-corrected chi connectivity index (χ1v) is 5.26. The number of hydrogen-bond donors (Lipinski definition) is 0. The van der Waals surface area contributed by atoms with Crippen molar-refractivity contribution in [2.75, 3.05) is 0 Å². The van der Waals surface area contributed by atoms with Gasteiger partial charge in [0, 0.05) is 10.0 Å². The molecule has 0 aromatic heterocycles. The van der Waals surface area contributed by atoms with E-state index in [1.54, 1.807) is 12.1 Å². The lowest BCUT2D eigenvalue weighted by molar-refractivity contribution is -0.130. The molecule has 1 aromatic rings. The molecule has 1 radical (unpaired) electrons. The minimum Gasteiger partial charge on any atom is -0.426 e. The lowest BCUT2D eigenvalue weighted by atomic mass is 10.2. The largest absolute Gasteiger partial charge is 0.426 e. The van der Waals surface area contributed by atoms with Crippen molar-refractivity contribution in [3.63, 3.8) is 0 Å². The van der Waals surface area contributed by atoms with Gasteiger partial charge in [-0.25, -0.2) is 0 Å². The molecule has 3 nitrogen and oxygen atoms in total. The molecule has 0 unspecified atom stereocenters. The minimum absolute atomic E-state index is 0.370. The number of rotatable bonds is 4. The third-order valence-corrected chi connectivity index (χ3v) is 2.41. The Hall–Kier alpha value is -1.16. The Morgan fingerprint density at radius 1 is 1.53 bits per heavy atom. The number of halogens is 1. The zero-order valence-corrected chi connectivity index (χ0v) is 9.78. The van der Waals surface area contributed by atoms with Crippen LogP contribution in [0.25, 0.3) is 0 Å². The van der Waals surface area contributed by atoms with Gasteiger partial charge in [-0.3, -0.25) is 9.59 Å². The van der Waals surface area contributed by atoms with Gasteiger partial charge >= 0.3 is 5.97 Å². The Bertz CT molecular complexity index is 374. The molecule has 0 aliphatic carbocycles. The van der Waals surface area contributed by atoms with Crippen LogP contribution in [0.4, 0.5) is 0 Å². The van der Waals surface area contributed by atoms with E-state index in [1.165, 1.54) is 12.5 Å². The molecular formula is C11H10BrO3. The van der Waals surface area contributed by atoms with Gasteiger partial charge in [-0.05, 0) is 24.6 Å². The molecule has 0 atom stereocenters. The summed E-state index contributed by atoms with van der Waals surface area (Å²) in [4.78, 5) is 21.7. The Morgan fingerprint density at radius 3 is 2.87 bits per heavy atom. The second-order valence-electron chi connectivity index (χ2n) is 2.83. The fraction of sp³-hybridized carbons (Fsp3) is 0.182. The first-order chi connectivity index (χ1) is 7.17. The first-order valence-electron chi connectivity index (χ1n) is 4.47. The maximum atomic E-state index is 11.1. The molecule has 0 fully saturated rings. The van der Waals surface area contributed by atoms with E-state index in [2.05, 4.69) is 15.9 Å². The van der Waals surface area contributed by atoms with E-state index in [0.717, 1.165) is 0 Å². The summed E-state index contributed by atoms with van der Waals surface area (Å²) in [6, 6.07) is 4.80. The summed E-state index contributed by atoms with van der Waals surface area (Å²) in [6.07, 6.45) is 2.75. The monoisotopic (exact) mass is 269 g/mol. The second kappa shape index (κ2) is 5.66. The average Bonchev–Trinajstić information content (AvgIpc) is 2.21. The van der Waals surface area contributed by atoms with Gasteiger partial charge in [-0.2, -0.15) is 0 Å². The predicted octanol–water partition coefficient (Wildman–Crippen LogP) is 2.78. The smallest absolute Gasteiger partial charge is 0.315 e. The zero-order valence-electron chi connectivity index (χ0n) is 8.20. The van der Waals surface area contributed by atoms with Crippen molar-refractivity contribution < 1.29 is 14.3 Å². The molecule has 0 saturated carbocycles. The van der Waals surface area contributed by atoms with Crippen LogP contribution in [0, 0.1) is 6.42 Å². The summed E-state index contributed by atoms with van der Waals surface area (Å²) in [5.41, 5.74) is 0.455. The van der Waals surface area contributed by atoms with Crippen molar-refractivity contribution in [3.8, 4) is 5.75 Å². The van der Waals surface area contributed by atoms with Crippen molar-refractivity contribution in [1.29, 1.82) is 0 Å². The number of carbonyl (C=O) groups excluding carboxylic acids is 2. The van der Waals surface area contributed by atoms with Gasteiger partial charge in [-0.1, -0.05) is 22.9 Å². The van der Waals surface area contributed by atoms with E-state index in [-0.39, 0.29) is 0 Å². The Balaban J connectivity index is 2.78. The standard InChI is InChI=1S/C11H10BrO3/c1-2-3-11(14)15-9-4-5-10(12)8(6-9)7-13/h3-7H,2H2,1H3. The highest BCUT2D eigenvalue weighted by Crippen LogP contribution is 2.21. The van der Waals surface area contributed by atoms with E-state index in [1.807, 2.05) is 6.92 Å². The normalized spacial score (nSPS) is 9.73. The third-order valence-electron chi connectivity index (χ3n) is 1.68. The molecule has 15 heavy (non-hydrogen) atoms. The van der Waals surface area contributed by atoms with Gasteiger partial charge in [0.25, 0.3) is 0 Å². The van der Waals surface area contributed by atoms with Crippen LogP contribution in [0.15, 0.2) is 22.7 Å². The highest BCUT2D eigenvalue weighted by atomic mass is 79.9. The van der Waals surface area contributed by atoms with Crippen LogP contribution >= 0.6 is 15.9 Å². The van der Waals surface area contributed by atoms with Crippen molar-refractivity contribution in [2.45, 2.75) is 13.3 Å². The van der Waals surface area contributed by atoms with Gasteiger partial charge in [0.1, 0.15) is 5.75 Å². The number of esters is 1.